The molecule has 0 aromatic heterocycles. The van der Waals surface area contributed by atoms with Gasteiger partial charge in [0.25, 0.3) is 0 Å². The number of hydrogen-bond acceptors (Lipinski definition) is 4. The van der Waals surface area contributed by atoms with Crippen LogP contribution in [0.25, 0.3) is 0 Å². The highest BCUT2D eigenvalue weighted by molar-refractivity contribution is 5.88. The number of halogens is 1. The molecule has 6 heteroatoms. The lowest BCUT2D eigenvalue weighted by molar-refractivity contribution is -0.150. The first kappa shape index (κ1) is 16.2. The Hall–Kier alpha value is -0.810. The molecule has 2 fully saturated rings. The van der Waals surface area contributed by atoms with Gasteiger partial charge < -0.3 is 15.4 Å². The van der Waals surface area contributed by atoms with Gasteiger partial charge in [-0.3, -0.25) is 4.79 Å². The van der Waals surface area contributed by atoms with Crippen molar-refractivity contribution in [1.82, 2.24) is 10.6 Å². The standard InChI is InChI=1S/C13H22N2O3.ClH/c1-18-12(17)13(6-2-3-7-13)15-11(16)9-10-5-4-8-14-10;/h10,14H,2-9H2,1H3,(H,15,16);1H. The molecule has 19 heavy (non-hydrogen) atoms. The van der Waals surface area contributed by atoms with Crippen molar-refractivity contribution in [1.29, 1.82) is 0 Å². The zero-order valence-corrected chi connectivity index (χ0v) is 12.2. The van der Waals surface area contributed by atoms with E-state index in [1.165, 1.54) is 7.11 Å². The zero-order valence-electron chi connectivity index (χ0n) is 11.4. The minimum Gasteiger partial charge on any atom is -0.467 e. The Morgan fingerprint density at radius 3 is 2.53 bits per heavy atom. The van der Waals surface area contributed by atoms with Crippen LogP contribution in [0.3, 0.4) is 0 Å². The fourth-order valence-electron chi connectivity index (χ4n) is 3.03. The van der Waals surface area contributed by atoms with Crippen LogP contribution in [0.15, 0.2) is 0 Å². The van der Waals surface area contributed by atoms with E-state index in [-0.39, 0.29) is 30.3 Å². The molecule has 1 saturated heterocycles. The van der Waals surface area contributed by atoms with E-state index in [4.69, 9.17) is 4.74 Å². The van der Waals surface area contributed by atoms with Gasteiger partial charge in [0.2, 0.25) is 5.91 Å². The Morgan fingerprint density at radius 1 is 1.32 bits per heavy atom. The van der Waals surface area contributed by atoms with Crippen LogP contribution in [0.4, 0.5) is 0 Å². The molecule has 2 rings (SSSR count). The number of methoxy groups -OCH3 is 1. The molecule has 0 aromatic rings. The molecule has 2 N–H and O–H groups in total. The third-order valence-electron chi connectivity index (χ3n) is 4.01. The van der Waals surface area contributed by atoms with Crippen molar-refractivity contribution < 1.29 is 14.3 Å². The molecular weight excluding hydrogens is 268 g/mol. The molecule has 1 amide bonds. The van der Waals surface area contributed by atoms with E-state index in [2.05, 4.69) is 10.6 Å². The van der Waals surface area contributed by atoms with Crippen LogP contribution in [-0.4, -0.2) is 37.1 Å². The molecule has 1 atom stereocenters. The Bertz CT molecular complexity index is 324. The topological polar surface area (TPSA) is 67.4 Å². The molecule has 1 saturated carbocycles. The number of carbonyl (C=O) groups excluding carboxylic acids is 2. The third-order valence-corrected chi connectivity index (χ3v) is 4.01. The van der Waals surface area contributed by atoms with Crippen LogP contribution < -0.4 is 10.6 Å². The summed E-state index contributed by atoms with van der Waals surface area (Å²) in [6.07, 6.45) is 5.96. The van der Waals surface area contributed by atoms with E-state index >= 15 is 0 Å². The molecule has 0 spiro atoms. The van der Waals surface area contributed by atoms with Crippen molar-refractivity contribution in [2.24, 2.45) is 0 Å². The molecule has 2 aliphatic rings. The molecule has 1 unspecified atom stereocenters. The summed E-state index contributed by atoms with van der Waals surface area (Å²) in [5.41, 5.74) is -0.759. The van der Waals surface area contributed by atoms with Crippen molar-refractivity contribution >= 4 is 24.3 Å². The Balaban J connectivity index is 0.00000180. The average Bonchev–Trinajstić information content (AvgIpc) is 3.00. The molecule has 5 nitrogen and oxygen atoms in total. The smallest absolute Gasteiger partial charge is 0.331 e. The highest BCUT2D eigenvalue weighted by Crippen LogP contribution is 2.31. The second-order valence-corrected chi connectivity index (χ2v) is 5.33. The molecule has 110 valence electrons. The number of nitrogens with one attached hydrogen (secondary N) is 2. The fraction of sp³-hybridized carbons (Fsp3) is 0.846. The van der Waals surface area contributed by atoms with E-state index in [0.717, 1.165) is 32.2 Å². The maximum Gasteiger partial charge on any atom is 0.331 e. The number of esters is 1. The van der Waals surface area contributed by atoms with Crippen LogP contribution in [0.5, 0.6) is 0 Å². The van der Waals surface area contributed by atoms with E-state index in [1.54, 1.807) is 0 Å². The van der Waals surface area contributed by atoms with Crippen molar-refractivity contribution in [3.8, 4) is 0 Å². The second kappa shape index (κ2) is 7.10. The van der Waals surface area contributed by atoms with Gasteiger partial charge in [0.05, 0.1) is 7.11 Å². The van der Waals surface area contributed by atoms with Crippen LogP contribution in [-0.2, 0) is 14.3 Å². The molecule has 1 heterocycles. The first-order valence-electron chi connectivity index (χ1n) is 6.79. The van der Waals surface area contributed by atoms with Crippen molar-refractivity contribution in [3.63, 3.8) is 0 Å². The summed E-state index contributed by atoms with van der Waals surface area (Å²) in [5.74, 6) is -0.338. The van der Waals surface area contributed by atoms with Crippen molar-refractivity contribution in [2.45, 2.75) is 56.5 Å². The summed E-state index contributed by atoms with van der Waals surface area (Å²) in [4.78, 5) is 23.9. The summed E-state index contributed by atoms with van der Waals surface area (Å²) >= 11 is 0. The van der Waals surface area contributed by atoms with Crippen LogP contribution >= 0.6 is 12.4 Å². The minimum atomic E-state index is -0.759. The van der Waals surface area contributed by atoms with Gasteiger partial charge in [-0.2, -0.15) is 0 Å². The van der Waals surface area contributed by atoms with Crippen molar-refractivity contribution in [3.05, 3.63) is 0 Å². The second-order valence-electron chi connectivity index (χ2n) is 5.33. The highest BCUT2D eigenvalue weighted by atomic mass is 35.5. The maximum atomic E-state index is 12.0. The third kappa shape index (κ3) is 3.83. The van der Waals surface area contributed by atoms with Gasteiger partial charge in [0.1, 0.15) is 5.54 Å². The predicted octanol–water partition coefficient (Wildman–Crippen LogP) is 1.15. The first-order valence-corrected chi connectivity index (χ1v) is 6.79. The molecule has 1 aliphatic heterocycles. The van der Waals surface area contributed by atoms with E-state index in [9.17, 15) is 9.59 Å². The SMILES string of the molecule is COC(=O)C1(NC(=O)CC2CCCN2)CCCC1.Cl. The van der Waals surface area contributed by atoms with Gasteiger partial charge in [0, 0.05) is 12.5 Å². The maximum absolute atomic E-state index is 12.0. The molecule has 0 bridgehead atoms. The summed E-state index contributed by atoms with van der Waals surface area (Å²) < 4.78 is 4.84. The summed E-state index contributed by atoms with van der Waals surface area (Å²) in [5, 5.41) is 6.21. The van der Waals surface area contributed by atoms with Crippen LogP contribution in [0.1, 0.15) is 44.9 Å². The predicted molar refractivity (Wildman–Crippen MR) is 74.2 cm³/mol. The van der Waals surface area contributed by atoms with Crippen LogP contribution in [0.2, 0.25) is 0 Å². The van der Waals surface area contributed by atoms with Gasteiger partial charge in [-0.25, -0.2) is 4.79 Å². The van der Waals surface area contributed by atoms with Gasteiger partial charge in [-0.15, -0.1) is 12.4 Å². The molecule has 0 aromatic carbocycles. The molecule has 1 aliphatic carbocycles. The summed E-state index contributed by atoms with van der Waals surface area (Å²) in [6, 6.07) is 0.265. The largest absolute Gasteiger partial charge is 0.467 e. The number of carbonyl (C=O) groups is 2. The van der Waals surface area contributed by atoms with E-state index in [1.807, 2.05) is 0 Å². The average molecular weight is 291 g/mol. The van der Waals surface area contributed by atoms with E-state index in [0.29, 0.717) is 19.3 Å². The van der Waals surface area contributed by atoms with Gasteiger partial charge in [-0.05, 0) is 32.2 Å². The first-order chi connectivity index (χ1) is 8.66. The Morgan fingerprint density at radius 2 is 2.00 bits per heavy atom. The van der Waals surface area contributed by atoms with E-state index < -0.39 is 5.54 Å². The quantitative estimate of drug-likeness (QED) is 0.762. The number of rotatable bonds is 4. The molecular formula is C13H23ClN2O3. The van der Waals surface area contributed by atoms with Gasteiger partial charge in [0.15, 0.2) is 0 Å². The van der Waals surface area contributed by atoms with Crippen LogP contribution in [0, 0.1) is 0 Å². The minimum absolute atomic E-state index is 0. The number of amides is 1. The molecule has 0 radical (unpaired) electrons. The van der Waals surface area contributed by atoms with Gasteiger partial charge >= 0.3 is 5.97 Å². The normalized spacial score (nSPS) is 24.6. The zero-order chi connectivity index (χ0) is 13.0. The number of ether oxygens (including phenoxy) is 1. The monoisotopic (exact) mass is 290 g/mol. The lowest BCUT2D eigenvalue weighted by Gasteiger charge is -2.27. The lowest BCUT2D eigenvalue weighted by Crippen LogP contribution is -2.53. The summed E-state index contributed by atoms with van der Waals surface area (Å²) in [7, 11) is 1.38. The lowest BCUT2D eigenvalue weighted by atomic mass is 9.97. The Kier molecular flexibility index (Phi) is 6.07. The van der Waals surface area contributed by atoms with Crippen molar-refractivity contribution in [2.75, 3.05) is 13.7 Å². The fourth-order valence-corrected chi connectivity index (χ4v) is 3.03. The highest BCUT2D eigenvalue weighted by Gasteiger charge is 2.43. The Labute approximate surface area is 120 Å². The van der Waals surface area contributed by atoms with Gasteiger partial charge in [-0.1, -0.05) is 12.8 Å². The summed E-state index contributed by atoms with van der Waals surface area (Å²) in [6.45, 7) is 0.986. The number of hydrogen-bond donors (Lipinski definition) is 2.